The Labute approximate surface area is 250 Å². The highest BCUT2D eigenvalue weighted by atomic mass is 32.1. The second-order valence-electron chi connectivity index (χ2n) is 11.1. The van der Waals surface area contributed by atoms with Gasteiger partial charge < -0.3 is 14.6 Å². The number of carbonyl (C=O) groups is 2. The van der Waals surface area contributed by atoms with Crippen molar-refractivity contribution in [3.05, 3.63) is 88.5 Å². The molecule has 1 amide bonds. The van der Waals surface area contributed by atoms with Crippen molar-refractivity contribution < 1.29 is 24.2 Å². The monoisotopic (exact) mass is 584 g/mol. The van der Waals surface area contributed by atoms with E-state index >= 15 is 0 Å². The van der Waals surface area contributed by atoms with Crippen LogP contribution in [0.1, 0.15) is 61.9 Å². The van der Waals surface area contributed by atoms with E-state index in [0.29, 0.717) is 46.9 Å². The van der Waals surface area contributed by atoms with Gasteiger partial charge in [-0.15, -0.1) is 0 Å². The van der Waals surface area contributed by atoms with Gasteiger partial charge in [0, 0.05) is 5.56 Å². The van der Waals surface area contributed by atoms with Gasteiger partial charge in [-0.2, -0.15) is 0 Å². The van der Waals surface area contributed by atoms with Gasteiger partial charge in [-0.05, 0) is 91.8 Å². The minimum Gasteiger partial charge on any atom is -0.507 e. The molecule has 2 heterocycles. The molecule has 1 N–H and O–H groups in total. The molecule has 1 fully saturated rings. The number of fused-ring (bicyclic) bond motifs is 1. The van der Waals surface area contributed by atoms with Gasteiger partial charge in [0.1, 0.15) is 17.3 Å². The average molecular weight is 585 g/mol. The van der Waals surface area contributed by atoms with Gasteiger partial charge in [-0.1, -0.05) is 50.3 Å². The Morgan fingerprint density at radius 3 is 2.45 bits per heavy atom. The molecule has 7 nitrogen and oxygen atoms in total. The molecule has 5 rings (SSSR count). The third-order valence-corrected chi connectivity index (χ3v) is 8.21. The van der Waals surface area contributed by atoms with E-state index in [1.165, 1.54) is 16.2 Å². The molecule has 42 heavy (non-hydrogen) atoms. The number of aryl methyl sites for hydroxylation is 2. The highest BCUT2D eigenvalue weighted by molar-refractivity contribution is 7.22. The fraction of sp³-hybridized carbons (Fsp3) is 0.324. The van der Waals surface area contributed by atoms with E-state index < -0.39 is 17.7 Å². The molecule has 0 spiro atoms. The molecule has 0 bridgehead atoms. The number of carbonyl (C=O) groups excluding carboxylic acids is 2. The van der Waals surface area contributed by atoms with Gasteiger partial charge in [-0.25, -0.2) is 4.98 Å². The predicted molar refractivity (Wildman–Crippen MR) is 167 cm³/mol. The maximum Gasteiger partial charge on any atom is 0.301 e. The standard InChI is InChI=1S/C34H36N2O5S/c1-6-15-40-25-12-10-23(11-13-25)31(37)28-30(24-8-7-9-26(19-24)41-16-14-20(2)3)36(33(39)32(28)38)34-35-29-22(5)17-21(4)18-27(29)42-34/h7-13,17-20,30,37H,6,14-16H2,1-5H3/b31-28+. The Morgan fingerprint density at radius 1 is 1.00 bits per heavy atom. The number of ketones is 1. The molecule has 1 unspecified atom stereocenters. The number of amides is 1. The van der Waals surface area contributed by atoms with Crippen molar-refractivity contribution in [2.75, 3.05) is 18.1 Å². The molecular formula is C34H36N2O5S. The third kappa shape index (κ3) is 5.90. The zero-order valence-electron chi connectivity index (χ0n) is 24.6. The number of hydrogen-bond acceptors (Lipinski definition) is 7. The van der Waals surface area contributed by atoms with Crippen LogP contribution in [0.3, 0.4) is 0 Å². The molecule has 0 saturated carbocycles. The first-order valence-electron chi connectivity index (χ1n) is 14.3. The molecule has 218 valence electrons. The maximum absolute atomic E-state index is 13.7. The quantitative estimate of drug-likeness (QED) is 0.116. The van der Waals surface area contributed by atoms with Crippen LogP contribution in [0, 0.1) is 19.8 Å². The van der Waals surface area contributed by atoms with E-state index in [9.17, 15) is 14.7 Å². The van der Waals surface area contributed by atoms with E-state index in [1.54, 1.807) is 24.3 Å². The number of benzene rings is 3. The smallest absolute Gasteiger partial charge is 0.301 e. The summed E-state index contributed by atoms with van der Waals surface area (Å²) in [7, 11) is 0. The van der Waals surface area contributed by atoms with E-state index in [1.807, 2.05) is 57.2 Å². The number of thiazole rings is 1. The topological polar surface area (TPSA) is 89.0 Å². The van der Waals surface area contributed by atoms with Crippen molar-refractivity contribution in [2.45, 2.75) is 53.5 Å². The van der Waals surface area contributed by atoms with Crippen LogP contribution in [0.15, 0.2) is 66.2 Å². The van der Waals surface area contributed by atoms with Crippen LogP contribution in [-0.4, -0.2) is 35.0 Å². The molecule has 8 heteroatoms. The number of Topliss-reactive ketones (excluding diaryl/α,β-unsaturated/α-hetero) is 1. The summed E-state index contributed by atoms with van der Waals surface area (Å²) in [5.74, 6) is 0.0436. The van der Waals surface area contributed by atoms with Gasteiger partial charge in [0.2, 0.25) is 0 Å². The summed E-state index contributed by atoms with van der Waals surface area (Å²) in [6, 6.07) is 17.4. The Hall–Kier alpha value is -4.17. The SMILES string of the molecule is CCCOc1ccc(/C(O)=C2\C(=O)C(=O)N(c3nc4c(C)cc(C)cc4s3)C2c2cccc(OCCC(C)C)c2)cc1. The van der Waals surface area contributed by atoms with Gasteiger partial charge >= 0.3 is 5.91 Å². The fourth-order valence-electron chi connectivity index (χ4n) is 5.08. The molecule has 3 aromatic carbocycles. The molecule has 1 aliphatic rings. The van der Waals surface area contributed by atoms with Crippen molar-refractivity contribution in [1.29, 1.82) is 0 Å². The summed E-state index contributed by atoms with van der Waals surface area (Å²) in [6.07, 6.45) is 1.77. The first-order valence-corrected chi connectivity index (χ1v) is 15.1. The van der Waals surface area contributed by atoms with Gasteiger partial charge in [0.05, 0.1) is 35.0 Å². The van der Waals surface area contributed by atoms with Crippen molar-refractivity contribution in [1.82, 2.24) is 4.98 Å². The minimum atomic E-state index is -0.892. The lowest BCUT2D eigenvalue weighted by molar-refractivity contribution is -0.132. The average Bonchev–Trinajstić information content (AvgIpc) is 3.50. The highest BCUT2D eigenvalue weighted by Crippen LogP contribution is 2.45. The van der Waals surface area contributed by atoms with Gasteiger partial charge in [-0.3, -0.25) is 14.5 Å². The van der Waals surface area contributed by atoms with Crippen LogP contribution >= 0.6 is 11.3 Å². The van der Waals surface area contributed by atoms with Crippen LogP contribution in [0.5, 0.6) is 11.5 Å². The molecular weight excluding hydrogens is 548 g/mol. The van der Waals surface area contributed by atoms with E-state index in [0.717, 1.165) is 34.2 Å². The molecule has 0 radical (unpaired) electrons. The second-order valence-corrected chi connectivity index (χ2v) is 12.1. The fourth-order valence-corrected chi connectivity index (χ4v) is 6.25. The normalized spacial score (nSPS) is 16.5. The number of aliphatic hydroxyl groups is 1. The Balaban J connectivity index is 1.63. The zero-order chi connectivity index (χ0) is 30.0. The number of nitrogens with zero attached hydrogens (tertiary/aromatic N) is 2. The zero-order valence-corrected chi connectivity index (χ0v) is 25.5. The summed E-state index contributed by atoms with van der Waals surface area (Å²) in [6.45, 7) is 11.4. The first-order chi connectivity index (χ1) is 20.2. The van der Waals surface area contributed by atoms with Crippen LogP contribution in [0.4, 0.5) is 5.13 Å². The summed E-state index contributed by atoms with van der Waals surface area (Å²) in [5.41, 5.74) is 3.94. The van der Waals surface area contributed by atoms with Gasteiger partial charge in [0.25, 0.3) is 5.78 Å². The predicted octanol–water partition coefficient (Wildman–Crippen LogP) is 7.75. The van der Waals surface area contributed by atoms with Crippen LogP contribution in [0.25, 0.3) is 16.0 Å². The molecule has 0 aliphatic carbocycles. The van der Waals surface area contributed by atoms with Crippen molar-refractivity contribution in [2.24, 2.45) is 5.92 Å². The number of aromatic nitrogens is 1. The molecule has 1 aromatic heterocycles. The maximum atomic E-state index is 13.7. The van der Waals surface area contributed by atoms with E-state index in [4.69, 9.17) is 14.5 Å². The number of aliphatic hydroxyl groups excluding tert-OH is 1. The van der Waals surface area contributed by atoms with E-state index in [2.05, 4.69) is 13.8 Å². The first kappa shape index (κ1) is 29.3. The van der Waals surface area contributed by atoms with Crippen LogP contribution in [-0.2, 0) is 9.59 Å². The lowest BCUT2D eigenvalue weighted by atomic mass is 9.95. The number of hydrogen-bond donors (Lipinski definition) is 1. The third-order valence-electron chi connectivity index (χ3n) is 7.21. The highest BCUT2D eigenvalue weighted by Gasteiger charge is 2.48. The van der Waals surface area contributed by atoms with Crippen molar-refractivity contribution >= 4 is 44.1 Å². The lowest BCUT2D eigenvalue weighted by Crippen LogP contribution is -2.29. The Bertz CT molecular complexity index is 1650. The molecule has 1 aliphatic heterocycles. The van der Waals surface area contributed by atoms with Crippen molar-refractivity contribution in [3.63, 3.8) is 0 Å². The van der Waals surface area contributed by atoms with E-state index in [-0.39, 0.29) is 11.3 Å². The summed E-state index contributed by atoms with van der Waals surface area (Å²) in [4.78, 5) is 33.6. The second kappa shape index (κ2) is 12.4. The lowest BCUT2D eigenvalue weighted by Gasteiger charge is -2.23. The van der Waals surface area contributed by atoms with Crippen molar-refractivity contribution in [3.8, 4) is 11.5 Å². The minimum absolute atomic E-state index is 0.00807. The number of anilines is 1. The number of rotatable bonds is 10. The summed E-state index contributed by atoms with van der Waals surface area (Å²) >= 11 is 1.36. The van der Waals surface area contributed by atoms with Crippen LogP contribution in [0.2, 0.25) is 0 Å². The van der Waals surface area contributed by atoms with Crippen LogP contribution < -0.4 is 14.4 Å². The Morgan fingerprint density at radius 2 is 1.74 bits per heavy atom. The molecule has 1 saturated heterocycles. The molecule has 4 aromatic rings. The molecule has 1 atom stereocenters. The van der Waals surface area contributed by atoms with Gasteiger partial charge in [0.15, 0.2) is 5.13 Å². The summed E-state index contributed by atoms with van der Waals surface area (Å²) < 4.78 is 12.6. The summed E-state index contributed by atoms with van der Waals surface area (Å²) in [5, 5.41) is 12.0. The largest absolute Gasteiger partial charge is 0.507 e. The Kier molecular flexibility index (Phi) is 8.64. The number of ether oxygens (including phenoxy) is 2.